The van der Waals surface area contributed by atoms with Gasteiger partial charge < -0.3 is 20.6 Å². The highest BCUT2D eigenvalue weighted by atomic mass is 16.4. The molecule has 1 atom stereocenters. The minimum Gasteiger partial charge on any atom is -0.480 e. The van der Waals surface area contributed by atoms with Crippen molar-refractivity contribution in [3.05, 3.63) is 0 Å². The zero-order chi connectivity index (χ0) is 13.6. The second-order valence-corrected chi connectivity index (χ2v) is 5.42. The average molecular weight is 257 g/mol. The average Bonchev–Trinajstić information content (AvgIpc) is 2.54. The fourth-order valence-electron chi connectivity index (χ4n) is 2.38. The van der Waals surface area contributed by atoms with E-state index in [1.807, 2.05) is 6.92 Å². The maximum Gasteiger partial charge on any atom is 0.323 e. The van der Waals surface area contributed by atoms with Crippen molar-refractivity contribution in [2.24, 2.45) is 5.73 Å². The van der Waals surface area contributed by atoms with Crippen LogP contribution in [0.15, 0.2) is 0 Å². The van der Waals surface area contributed by atoms with Crippen molar-refractivity contribution in [1.82, 2.24) is 9.80 Å². The van der Waals surface area contributed by atoms with E-state index in [2.05, 4.69) is 16.8 Å². The Morgan fingerprint density at radius 3 is 2.67 bits per heavy atom. The summed E-state index contributed by atoms with van der Waals surface area (Å²) in [4.78, 5) is 15.8. The molecule has 1 rings (SSSR count). The van der Waals surface area contributed by atoms with Gasteiger partial charge in [-0.1, -0.05) is 6.92 Å². The summed E-state index contributed by atoms with van der Waals surface area (Å²) in [6.45, 7) is 7.24. The van der Waals surface area contributed by atoms with E-state index in [9.17, 15) is 4.79 Å². The standard InChI is InChI=1S/C13H27N3O2/c1-3-13(14,12(17)18)6-4-8-16-9-5-7-15(2)10-11-16/h3-11,14H2,1-2H3,(H,17,18). The van der Waals surface area contributed by atoms with Crippen molar-refractivity contribution in [3.8, 4) is 0 Å². The molecule has 0 radical (unpaired) electrons. The van der Waals surface area contributed by atoms with Gasteiger partial charge in [0.25, 0.3) is 0 Å². The molecule has 3 N–H and O–H groups in total. The summed E-state index contributed by atoms with van der Waals surface area (Å²) in [6.07, 6.45) is 3.10. The summed E-state index contributed by atoms with van der Waals surface area (Å²) < 4.78 is 0. The fraction of sp³-hybridized carbons (Fsp3) is 0.923. The van der Waals surface area contributed by atoms with Crippen LogP contribution in [0.25, 0.3) is 0 Å². The van der Waals surface area contributed by atoms with Crippen LogP contribution in [0.3, 0.4) is 0 Å². The van der Waals surface area contributed by atoms with Crippen LogP contribution in [0.5, 0.6) is 0 Å². The van der Waals surface area contributed by atoms with Crippen molar-refractivity contribution < 1.29 is 9.90 Å². The van der Waals surface area contributed by atoms with Crippen LogP contribution < -0.4 is 5.73 Å². The molecule has 5 heteroatoms. The maximum absolute atomic E-state index is 11.1. The molecule has 0 aromatic carbocycles. The number of hydrogen-bond donors (Lipinski definition) is 2. The molecule has 18 heavy (non-hydrogen) atoms. The van der Waals surface area contributed by atoms with Crippen LogP contribution in [0.1, 0.15) is 32.6 Å². The van der Waals surface area contributed by atoms with Gasteiger partial charge in [0, 0.05) is 13.1 Å². The zero-order valence-electron chi connectivity index (χ0n) is 11.7. The first-order chi connectivity index (χ1) is 8.48. The van der Waals surface area contributed by atoms with E-state index in [0.29, 0.717) is 12.8 Å². The second kappa shape index (κ2) is 7.07. The molecule has 1 unspecified atom stereocenters. The van der Waals surface area contributed by atoms with Crippen molar-refractivity contribution in [3.63, 3.8) is 0 Å². The summed E-state index contributed by atoms with van der Waals surface area (Å²) in [7, 11) is 2.15. The number of nitrogens with zero attached hydrogens (tertiary/aromatic N) is 2. The molecule has 0 aliphatic carbocycles. The number of carbonyl (C=O) groups is 1. The van der Waals surface area contributed by atoms with Gasteiger partial charge in [-0.15, -0.1) is 0 Å². The molecule has 0 bridgehead atoms. The Hall–Kier alpha value is -0.650. The maximum atomic E-state index is 11.1. The smallest absolute Gasteiger partial charge is 0.323 e. The number of nitrogens with two attached hydrogens (primary N) is 1. The first-order valence-electron chi connectivity index (χ1n) is 6.91. The number of hydrogen-bond acceptors (Lipinski definition) is 4. The Bertz CT molecular complexity index is 273. The minimum atomic E-state index is -1.04. The van der Waals surface area contributed by atoms with E-state index < -0.39 is 11.5 Å². The Labute approximate surface area is 110 Å². The SMILES string of the molecule is CCC(N)(CCCN1CCCN(C)CC1)C(=O)O. The van der Waals surface area contributed by atoms with Crippen LogP contribution in [0.2, 0.25) is 0 Å². The highest BCUT2D eigenvalue weighted by Crippen LogP contribution is 2.15. The molecular weight excluding hydrogens is 230 g/mol. The van der Waals surface area contributed by atoms with Gasteiger partial charge in [0.1, 0.15) is 5.54 Å². The third kappa shape index (κ3) is 4.55. The zero-order valence-corrected chi connectivity index (χ0v) is 11.7. The van der Waals surface area contributed by atoms with Gasteiger partial charge >= 0.3 is 5.97 Å². The molecule has 0 amide bonds. The predicted octanol–water partition coefficient (Wildman–Crippen LogP) is 0.596. The fourth-order valence-corrected chi connectivity index (χ4v) is 2.38. The topological polar surface area (TPSA) is 69.8 Å². The van der Waals surface area contributed by atoms with Crippen LogP contribution in [0, 0.1) is 0 Å². The monoisotopic (exact) mass is 257 g/mol. The molecule has 0 aromatic heterocycles. The lowest BCUT2D eigenvalue weighted by molar-refractivity contribution is -0.143. The van der Waals surface area contributed by atoms with Crippen LogP contribution >= 0.6 is 0 Å². The van der Waals surface area contributed by atoms with Crippen molar-refractivity contribution in [2.75, 3.05) is 39.8 Å². The predicted molar refractivity (Wildman–Crippen MR) is 72.6 cm³/mol. The lowest BCUT2D eigenvalue weighted by Crippen LogP contribution is -2.47. The third-order valence-electron chi connectivity index (χ3n) is 3.97. The number of likely N-dealkylation sites (N-methyl/N-ethyl adjacent to an activating group) is 1. The number of carboxylic acid groups (broad SMARTS) is 1. The van der Waals surface area contributed by atoms with Gasteiger partial charge in [0.2, 0.25) is 0 Å². The summed E-state index contributed by atoms with van der Waals surface area (Å²) in [5.74, 6) is -0.874. The quantitative estimate of drug-likeness (QED) is 0.729. The van der Waals surface area contributed by atoms with Crippen LogP contribution in [0.4, 0.5) is 0 Å². The van der Waals surface area contributed by atoms with E-state index in [-0.39, 0.29) is 0 Å². The minimum absolute atomic E-state index is 0.491. The van der Waals surface area contributed by atoms with E-state index in [1.165, 1.54) is 6.42 Å². The molecule has 1 heterocycles. The van der Waals surface area contributed by atoms with Crippen molar-refractivity contribution >= 4 is 5.97 Å². The van der Waals surface area contributed by atoms with Gasteiger partial charge in [-0.05, 0) is 52.4 Å². The first-order valence-corrected chi connectivity index (χ1v) is 6.91. The van der Waals surface area contributed by atoms with E-state index in [0.717, 1.165) is 39.1 Å². The van der Waals surface area contributed by atoms with Crippen molar-refractivity contribution in [1.29, 1.82) is 0 Å². The van der Waals surface area contributed by atoms with Crippen LogP contribution in [-0.4, -0.2) is 66.2 Å². The van der Waals surface area contributed by atoms with Gasteiger partial charge in [0.05, 0.1) is 0 Å². The van der Waals surface area contributed by atoms with Gasteiger partial charge in [-0.3, -0.25) is 4.79 Å². The second-order valence-electron chi connectivity index (χ2n) is 5.42. The Morgan fingerprint density at radius 1 is 1.33 bits per heavy atom. The molecule has 1 aliphatic heterocycles. The highest BCUT2D eigenvalue weighted by molar-refractivity contribution is 5.78. The molecule has 0 spiro atoms. The lowest BCUT2D eigenvalue weighted by Gasteiger charge is -2.25. The summed E-state index contributed by atoms with van der Waals surface area (Å²) in [6, 6.07) is 0. The Balaban J connectivity index is 2.30. The summed E-state index contributed by atoms with van der Waals surface area (Å²) in [5.41, 5.74) is 4.84. The molecule has 0 saturated carbocycles. The highest BCUT2D eigenvalue weighted by Gasteiger charge is 2.31. The number of aliphatic carboxylic acids is 1. The first kappa shape index (κ1) is 15.4. The molecule has 1 aliphatic rings. The van der Waals surface area contributed by atoms with Gasteiger partial charge in [-0.2, -0.15) is 0 Å². The Kier molecular flexibility index (Phi) is 6.05. The van der Waals surface area contributed by atoms with Gasteiger partial charge in [-0.25, -0.2) is 0 Å². The normalized spacial score (nSPS) is 22.4. The molecule has 5 nitrogen and oxygen atoms in total. The van der Waals surface area contributed by atoms with Crippen LogP contribution in [-0.2, 0) is 4.79 Å². The number of rotatable bonds is 6. The molecule has 1 saturated heterocycles. The van der Waals surface area contributed by atoms with E-state index >= 15 is 0 Å². The van der Waals surface area contributed by atoms with E-state index in [4.69, 9.17) is 10.8 Å². The number of carboxylic acids is 1. The molecule has 1 fully saturated rings. The van der Waals surface area contributed by atoms with E-state index in [1.54, 1.807) is 0 Å². The lowest BCUT2D eigenvalue weighted by atomic mass is 9.92. The molecular formula is C13H27N3O2. The third-order valence-corrected chi connectivity index (χ3v) is 3.97. The summed E-state index contributed by atoms with van der Waals surface area (Å²) >= 11 is 0. The summed E-state index contributed by atoms with van der Waals surface area (Å²) in [5, 5.41) is 9.10. The Morgan fingerprint density at radius 2 is 2.06 bits per heavy atom. The molecule has 106 valence electrons. The largest absolute Gasteiger partial charge is 0.480 e. The molecule has 0 aromatic rings. The van der Waals surface area contributed by atoms with Crippen molar-refractivity contribution in [2.45, 2.75) is 38.1 Å². The van der Waals surface area contributed by atoms with Gasteiger partial charge in [0.15, 0.2) is 0 Å².